The topological polar surface area (TPSA) is 139 Å². The fraction of sp³-hybridized carbons (Fsp3) is 0.542. The van der Waals surface area contributed by atoms with Crippen LogP contribution in [0.5, 0.6) is 5.75 Å². The van der Waals surface area contributed by atoms with Gasteiger partial charge in [0.2, 0.25) is 11.8 Å². The molecule has 1 aromatic rings. The lowest BCUT2D eigenvalue weighted by Gasteiger charge is -2.27. The van der Waals surface area contributed by atoms with Crippen LogP contribution < -0.4 is 10.1 Å². The second-order valence-electron chi connectivity index (χ2n) is 8.35. The van der Waals surface area contributed by atoms with Crippen LogP contribution in [0.1, 0.15) is 78.5 Å². The van der Waals surface area contributed by atoms with Crippen molar-refractivity contribution in [3.63, 3.8) is 0 Å². The van der Waals surface area contributed by atoms with Crippen LogP contribution in [0.3, 0.4) is 0 Å². The summed E-state index contributed by atoms with van der Waals surface area (Å²) in [5.74, 6) is -2.71. The van der Waals surface area contributed by atoms with Gasteiger partial charge in [-0.1, -0.05) is 31.7 Å². The number of nitrogens with one attached hydrogen (secondary N) is 1. The number of hydrogen-bond donors (Lipinski definition) is 2. The number of carbonyl (C=O) groups is 5. The first kappa shape index (κ1) is 25.4. The van der Waals surface area contributed by atoms with Crippen molar-refractivity contribution in [2.75, 3.05) is 19.8 Å². The van der Waals surface area contributed by atoms with Crippen molar-refractivity contribution >= 4 is 29.6 Å². The lowest BCUT2D eigenvalue weighted by molar-refractivity contribution is -0.138. The standard InChI is InChI=1S/C24H30N2O8/c27-19-11-10-17(22(30)25-19)26-23(31)16-8-7-9-18(21(16)24(26)32)34-14-6-4-2-1-3-5-13-33-15-12-20(28)29/h7-9,17H,1-6,10-15H2,(H,28,29)(H,25,27,30). The molecular weight excluding hydrogens is 444 g/mol. The Morgan fingerprint density at radius 2 is 1.68 bits per heavy atom. The average molecular weight is 475 g/mol. The maximum atomic E-state index is 13.0. The predicted octanol–water partition coefficient (Wildman–Crippen LogP) is 2.30. The summed E-state index contributed by atoms with van der Waals surface area (Å²) in [7, 11) is 0. The van der Waals surface area contributed by atoms with Crippen molar-refractivity contribution in [1.29, 1.82) is 0 Å². The zero-order chi connectivity index (χ0) is 24.5. The highest BCUT2D eigenvalue weighted by Crippen LogP contribution is 2.33. The van der Waals surface area contributed by atoms with E-state index in [4.69, 9.17) is 14.6 Å². The smallest absolute Gasteiger partial charge is 0.305 e. The van der Waals surface area contributed by atoms with E-state index in [-0.39, 0.29) is 37.0 Å². The van der Waals surface area contributed by atoms with Crippen LogP contribution >= 0.6 is 0 Å². The summed E-state index contributed by atoms with van der Waals surface area (Å²) in [6.07, 6.45) is 5.91. The van der Waals surface area contributed by atoms with Crippen LogP contribution in [0.15, 0.2) is 18.2 Å². The molecule has 1 unspecified atom stereocenters. The molecule has 1 fully saturated rings. The van der Waals surface area contributed by atoms with Gasteiger partial charge in [0.15, 0.2) is 0 Å². The van der Waals surface area contributed by atoms with Gasteiger partial charge < -0.3 is 14.6 Å². The third-order valence-corrected chi connectivity index (χ3v) is 5.83. The van der Waals surface area contributed by atoms with E-state index in [2.05, 4.69) is 5.32 Å². The molecule has 10 heteroatoms. The van der Waals surface area contributed by atoms with E-state index in [1.165, 1.54) is 0 Å². The molecule has 1 aromatic carbocycles. The van der Waals surface area contributed by atoms with E-state index in [0.29, 0.717) is 19.0 Å². The monoisotopic (exact) mass is 474 g/mol. The number of benzene rings is 1. The van der Waals surface area contributed by atoms with E-state index < -0.39 is 35.6 Å². The molecule has 2 N–H and O–H groups in total. The molecule has 0 spiro atoms. The molecule has 1 saturated heterocycles. The second kappa shape index (κ2) is 12.3. The highest BCUT2D eigenvalue weighted by molar-refractivity contribution is 6.24. The summed E-state index contributed by atoms with van der Waals surface area (Å²) in [6, 6.07) is 3.83. The van der Waals surface area contributed by atoms with Gasteiger partial charge in [-0.05, 0) is 31.4 Å². The summed E-state index contributed by atoms with van der Waals surface area (Å²) >= 11 is 0. The normalized spacial score (nSPS) is 17.6. The van der Waals surface area contributed by atoms with Crippen LogP contribution in [-0.2, 0) is 19.1 Å². The minimum atomic E-state index is -1.000. The van der Waals surface area contributed by atoms with Crippen LogP contribution in [0.4, 0.5) is 0 Å². The van der Waals surface area contributed by atoms with Crippen molar-refractivity contribution in [3.05, 3.63) is 29.3 Å². The molecular formula is C24H30N2O8. The van der Waals surface area contributed by atoms with Gasteiger partial charge in [-0.15, -0.1) is 0 Å². The van der Waals surface area contributed by atoms with E-state index in [1.54, 1.807) is 18.2 Å². The number of carboxylic acid groups (broad SMARTS) is 1. The molecule has 1 atom stereocenters. The van der Waals surface area contributed by atoms with E-state index in [1.807, 2.05) is 0 Å². The second-order valence-corrected chi connectivity index (χ2v) is 8.35. The van der Waals surface area contributed by atoms with Gasteiger partial charge in [0, 0.05) is 13.0 Å². The number of hydrogen-bond acceptors (Lipinski definition) is 7. The molecule has 10 nitrogen and oxygen atoms in total. The number of ether oxygens (including phenoxy) is 2. The number of nitrogens with zero attached hydrogens (tertiary/aromatic N) is 1. The number of piperidine rings is 1. The Kier molecular flexibility index (Phi) is 9.15. The Morgan fingerprint density at radius 3 is 2.38 bits per heavy atom. The molecule has 0 bridgehead atoms. The molecule has 184 valence electrons. The minimum absolute atomic E-state index is 0.0271. The van der Waals surface area contributed by atoms with Gasteiger partial charge in [-0.3, -0.25) is 34.2 Å². The van der Waals surface area contributed by atoms with Gasteiger partial charge in [0.25, 0.3) is 11.8 Å². The number of aliphatic carboxylic acids is 1. The summed E-state index contributed by atoms with van der Waals surface area (Å²) in [5.41, 5.74) is 0.373. The third-order valence-electron chi connectivity index (χ3n) is 5.83. The molecule has 3 rings (SSSR count). The molecule has 0 saturated carbocycles. The Labute approximate surface area is 197 Å². The van der Waals surface area contributed by atoms with Crippen LogP contribution in [0.2, 0.25) is 0 Å². The Morgan fingerprint density at radius 1 is 0.971 bits per heavy atom. The zero-order valence-electron chi connectivity index (χ0n) is 19.0. The number of amides is 4. The summed E-state index contributed by atoms with van der Waals surface area (Å²) in [6.45, 7) is 1.21. The quantitative estimate of drug-likeness (QED) is 0.309. The molecule has 4 amide bonds. The van der Waals surface area contributed by atoms with Gasteiger partial charge in [0.1, 0.15) is 11.8 Å². The van der Waals surface area contributed by atoms with E-state index >= 15 is 0 Å². The Bertz CT molecular complexity index is 945. The van der Waals surface area contributed by atoms with Crippen LogP contribution in [0.25, 0.3) is 0 Å². The lowest BCUT2D eigenvalue weighted by atomic mass is 10.0. The largest absolute Gasteiger partial charge is 0.493 e. The molecule has 0 aromatic heterocycles. The Balaban J connectivity index is 1.40. The fourth-order valence-electron chi connectivity index (χ4n) is 4.06. The average Bonchev–Trinajstić information content (AvgIpc) is 3.05. The van der Waals surface area contributed by atoms with Crippen molar-refractivity contribution < 1.29 is 38.6 Å². The molecule has 34 heavy (non-hydrogen) atoms. The number of unbranched alkanes of at least 4 members (excludes halogenated alkanes) is 5. The minimum Gasteiger partial charge on any atom is -0.493 e. The van der Waals surface area contributed by atoms with E-state index in [9.17, 15) is 24.0 Å². The molecule has 2 aliphatic heterocycles. The highest BCUT2D eigenvalue weighted by atomic mass is 16.5. The summed E-state index contributed by atoms with van der Waals surface area (Å²) in [5, 5.41) is 10.7. The Hall–Kier alpha value is -3.27. The van der Waals surface area contributed by atoms with Gasteiger partial charge in [-0.2, -0.15) is 0 Å². The van der Waals surface area contributed by atoms with E-state index in [0.717, 1.165) is 43.4 Å². The van der Waals surface area contributed by atoms with Crippen LogP contribution in [-0.4, -0.2) is 65.5 Å². The van der Waals surface area contributed by atoms with Crippen molar-refractivity contribution in [2.45, 2.75) is 63.8 Å². The molecule has 2 aliphatic rings. The van der Waals surface area contributed by atoms with Gasteiger partial charge in [-0.25, -0.2) is 0 Å². The van der Waals surface area contributed by atoms with Gasteiger partial charge in [0.05, 0.1) is 30.8 Å². The number of rotatable bonds is 14. The first-order valence-corrected chi connectivity index (χ1v) is 11.7. The number of carbonyl (C=O) groups excluding carboxylic acids is 4. The fourth-order valence-corrected chi connectivity index (χ4v) is 4.06. The zero-order valence-corrected chi connectivity index (χ0v) is 19.0. The third kappa shape index (κ3) is 6.40. The molecule has 0 aliphatic carbocycles. The first-order valence-electron chi connectivity index (χ1n) is 11.7. The predicted molar refractivity (Wildman–Crippen MR) is 119 cm³/mol. The first-order chi connectivity index (χ1) is 16.4. The maximum absolute atomic E-state index is 13.0. The SMILES string of the molecule is O=C(O)CCOCCCCCCCCOc1cccc2c1C(=O)N(C1CCC(=O)NC1=O)C2=O. The lowest BCUT2D eigenvalue weighted by Crippen LogP contribution is -2.54. The molecule has 0 radical (unpaired) electrons. The number of carboxylic acids is 1. The van der Waals surface area contributed by atoms with Crippen molar-refractivity contribution in [2.24, 2.45) is 0 Å². The van der Waals surface area contributed by atoms with Crippen molar-refractivity contribution in [3.8, 4) is 5.75 Å². The van der Waals surface area contributed by atoms with Gasteiger partial charge >= 0.3 is 5.97 Å². The number of imide groups is 2. The number of fused-ring (bicyclic) bond motifs is 1. The summed E-state index contributed by atoms with van der Waals surface area (Å²) in [4.78, 5) is 60.8. The maximum Gasteiger partial charge on any atom is 0.305 e. The molecule has 2 heterocycles. The summed E-state index contributed by atoms with van der Waals surface area (Å²) < 4.78 is 11.1. The van der Waals surface area contributed by atoms with Crippen LogP contribution in [0, 0.1) is 0 Å². The highest BCUT2D eigenvalue weighted by Gasteiger charge is 2.45. The van der Waals surface area contributed by atoms with Crippen molar-refractivity contribution in [1.82, 2.24) is 10.2 Å².